The zero-order valence-corrected chi connectivity index (χ0v) is 10.5. The van der Waals surface area contributed by atoms with Crippen molar-refractivity contribution in [2.24, 2.45) is 0 Å². The highest BCUT2D eigenvalue weighted by atomic mass is 35.5. The highest BCUT2D eigenvalue weighted by Gasteiger charge is 1.87. The van der Waals surface area contributed by atoms with Crippen LogP contribution in [0.2, 0.25) is 0 Å². The van der Waals surface area contributed by atoms with E-state index in [-0.39, 0.29) is 0 Å². The lowest BCUT2D eigenvalue weighted by Crippen LogP contribution is -1.77. The minimum Gasteiger partial charge on any atom is -0.113 e. The molecule has 15 heavy (non-hydrogen) atoms. The third-order valence-electron chi connectivity index (χ3n) is 2.15. The maximum Gasteiger partial charge on any atom is 0.0835 e. The number of rotatable bonds is 6. The predicted molar refractivity (Wildman–Crippen MR) is 68.9 cm³/mol. The van der Waals surface area contributed by atoms with Gasteiger partial charge < -0.3 is 0 Å². The number of hydrogen-bond donors (Lipinski definition) is 0. The van der Waals surface area contributed by atoms with Crippen LogP contribution in [0, 0.1) is 23.7 Å². The van der Waals surface area contributed by atoms with E-state index in [1.165, 1.54) is 38.5 Å². The molecule has 0 aliphatic rings. The summed E-state index contributed by atoms with van der Waals surface area (Å²) in [6.07, 6.45) is 9.68. The summed E-state index contributed by atoms with van der Waals surface area (Å²) in [6.45, 7) is 2.24. The second-order valence-corrected chi connectivity index (χ2v) is 3.80. The van der Waals surface area contributed by atoms with Crippen molar-refractivity contribution in [3.05, 3.63) is 0 Å². The molecule has 0 bridgehead atoms. The largest absolute Gasteiger partial charge is 0.113 e. The quantitative estimate of drug-likeness (QED) is 0.357. The molecule has 0 aromatic heterocycles. The summed E-state index contributed by atoms with van der Waals surface area (Å²) >= 11 is 5.40. The molecule has 0 aliphatic carbocycles. The lowest BCUT2D eigenvalue weighted by atomic mass is 10.1. The maximum absolute atomic E-state index is 5.40. The predicted octanol–water partition coefficient (Wildman–Crippen LogP) is 4.37. The Morgan fingerprint density at radius 1 is 0.800 bits per heavy atom. The number of hydrogen-bond acceptors (Lipinski definition) is 0. The van der Waals surface area contributed by atoms with Gasteiger partial charge in [-0.2, -0.15) is 0 Å². The lowest BCUT2D eigenvalue weighted by Gasteiger charge is -1.96. The molecule has 1 heteroatoms. The second kappa shape index (κ2) is 13.4. The van der Waals surface area contributed by atoms with Crippen molar-refractivity contribution < 1.29 is 0 Å². The van der Waals surface area contributed by atoms with E-state index in [1.807, 2.05) is 0 Å². The van der Waals surface area contributed by atoms with Crippen LogP contribution in [-0.4, -0.2) is 5.88 Å². The van der Waals surface area contributed by atoms with E-state index in [2.05, 4.69) is 30.6 Å². The third kappa shape index (κ3) is 13.4. The van der Waals surface area contributed by atoms with Crippen LogP contribution in [0.5, 0.6) is 0 Å². The van der Waals surface area contributed by atoms with E-state index in [4.69, 9.17) is 11.6 Å². The Hall–Kier alpha value is -0.590. The van der Waals surface area contributed by atoms with E-state index < -0.39 is 0 Å². The van der Waals surface area contributed by atoms with Crippen LogP contribution < -0.4 is 0 Å². The van der Waals surface area contributed by atoms with Gasteiger partial charge in [-0.25, -0.2) is 0 Å². The summed E-state index contributed by atoms with van der Waals surface area (Å²) in [4.78, 5) is 0. The average Bonchev–Trinajstić information content (AvgIpc) is 2.26. The van der Waals surface area contributed by atoms with E-state index >= 15 is 0 Å². The summed E-state index contributed by atoms with van der Waals surface area (Å²) in [7, 11) is 0. The Morgan fingerprint density at radius 3 is 2.20 bits per heavy atom. The highest BCUT2D eigenvalue weighted by Crippen LogP contribution is 2.05. The van der Waals surface area contributed by atoms with Gasteiger partial charge in [0.1, 0.15) is 0 Å². The van der Waals surface area contributed by atoms with Crippen LogP contribution in [-0.2, 0) is 0 Å². The Kier molecular flexibility index (Phi) is 12.9. The number of unbranched alkanes of at least 4 members (excludes halogenated alkanes) is 6. The summed E-state index contributed by atoms with van der Waals surface area (Å²) in [5, 5.41) is 0. The first kappa shape index (κ1) is 14.4. The van der Waals surface area contributed by atoms with Crippen LogP contribution in [0.3, 0.4) is 0 Å². The molecular weight excluding hydrogens is 204 g/mol. The van der Waals surface area contributed by atoms with Gasteiger partial charge in [-0.3, -0.25) is 0 Å². The molecule has 0 radical (unpaired) electrons. The van der Waals surface area contributed by atoms with E-state index in [0.29, 0.717) is 12.3 Å². The first-order chi connectivity index (χ1) is 7.41. The van der Waals surface area contributed by atoms with Gasteiger partial charge in [0.25, 0.3) is 0 Å². The van der Waals surface area contributed by atoms with Crippen molar-refractivity contribution in [2.45, 2.75) is 58.3 Å². The van der Waals surface area contributed by atoms with E-state index in [9.17, 15) is 0 Å². The molecule has 84 valence electrons. The molecule has 0 fully saturated rings. The molecular formula is C14H21Cl. The molecule has 0 saturated carbocycles. The van der Waals surface area contributed by atoms with Crippen molar-refractivity contribution in [3.8, 4) is 23.7 Å². The summed E-state index contributed by atoms with van der Waals surface area (Å²) in [5.74, 6) is 12.3. The number of halogens is 1. The number of alkyl halides is 1. The zero-order chi connectivity index (χ0) is 11.2. The molecule has 0 heterocycles. The molecule has 0 saturated heterocycles. The molecule has 0 nitrogen and oxygen atoms in total. The van der Waals surface area contributed by atoms with Gasteiger partial charge in [-0.1, -0.05) is 56.8 Å². The molecule has 0 N–H and O–H groups in total. The van der Waals surface area contributed by atoms with Crippen LogP contribution in [0.15, 0.2) is 0 Å². The molecule has 0 atom stereocenters. The third-order valence-corrected chi connectivity index (χ3v) is 2.28. The van der Waals surface area contributed by atoms with Crippen LogP contribution in [0.25, 0.3) is 0 Å². The van der Waals surface area contributed by atoms with Crippen molar-refractivity contribution >= 4 is 11.6 Å². The summed E-state index contributed by atoms with van der Waals surface area (Å²) < 4.78 is 0. The van der Waals surface area contributed by atoms with Gasteiger partial charge in [-0.15, -0.1) is 17.5 Å². The SMILES string of the molecule is CCCCCCCCC#CCC#CCCl. The van der Waals surface area contributed by atoms with Crippen LogP contribution >= 0.6 is 11.6 Å². The van der Waals surface area contributed by atoms with Gasteiger partial charge in [0.2, 0.25) is 0 Å². The van der Waals surface area contributed by atoms with Gasteiger partial charge in [0.05, 0.1) is 12.3 Å². The van der Waals surface area contributed by atoms with Gasteiger partial charge in [0, 0.05) is 6.42 Å². The monoisotopic (exact) mass is 224 g/mol. The Labute approximate surface area is 99.8 Å². The smallest absolute Gasteiger partial charge is 0.0835 e. The molecule has 0 aromatic rings. The Bertz CT molecular complexity index is 234. The Morgan fingerprint density at radius 2 is 1.47 bits per heavy atom. The van der Waals surface area contributed by atoms with Crippen molar-refractivity contribution in [3.63, 3.8) is 0 Å². The molecule has 0 unspecified atom stereocenters. The molecule has 0 aromatic carbocycles. The fraction of sp³-hybridized carbons (Fsp3) is 0.714. The minimum absolute atomic E-state index is 0.416. The molecule has 0 spiro atoms. The molecule has 0 aliphatic heterocycles. The first-order valence-corrected chi connectivity index (χ1v) is 6.42. The average molecular weight is 225 g/mol. The molecule has 0 amide bonds. The van der Waals surface area contributed by atoms with Crippen molar-refractivity contribution in [1.82, 2.24) is 0 Å². The summed E-state index contributed by atoms with van der Waals surface area (Å²) in [6, 6.07) is 0. The minimum atomic E-state index is 0.416. The maximum atomic E-state index is 5.40. The van der Waals surface area contributed by atoms with Crippen LogP contribution in [0.4, 0.5) is 0 Å². The molecule has 0 rings (SSSR count). The van der Waals surface area contributed by atoms with Gasteiger partial charge in [0.15, 0.2) is 0 Å². The topological polar surface area (TPSA) is 0 Å². The fourth-order valence-corrected chi connectivity index (χ4v) is 1.39. The van der Waals surface area contributed by atoms with E-state index in [0.717, 1.165) is 6.42 Å². The normalized spacial score (nSPS) is 8.67. The summed E-state index contributed by atoms with van der Waals surface area (Å²) in [5.41, 5.74) is 0. The van der Waals surface area contributed by atoms with Crippen molar-refractivity contribution in [1.29, 1.82) is 0 Å². The fourth-order valence-electron chi connectivity index (χ4n) is 1.30. The Balaban J connectivity index is 3.15. The van der Waals surface area contributed by atoms with Crippen molar-refractivity contribution in [2.75, 3.05) is 5.88 Å². The highest BCUT2D eigenvalue weighted by molar-refractivity contribution is 6.19. The second-order valence-electron chi connectivity index (χ2n) is 3.54. The van der Waals surface area contributed by atoms with E-state index in [1.54, 1.807) is 0 Å². The van der Waals surface area contributed by atoms with Crippen LogP contribution in [0.1, 0.15) is 58.3 Å². The van der Waals surface area contributed by atoms with Gasteiger partial charge >= 0.3 is 0 Å². The standard InChI is InChI=1S/C14H21Cl/c1-2-3-4-5-6-7-8-9-10-11-12-13-14-15/h2-8,11,14H2,1H3. The lowest BCUT2D eigenvalue weighted by molar-refractivity contribution is 0.614. The van der Waals surface area contributed by atoms with Gasteiger partial charge in [-0.05, 0) is 6.42 Å². The first-order valence-electron chi connectivity index (χ1n) is 5.89. The zero-order valence-electron chi connectivity index (χ0n) is 9.74.